The molecule has 0 N–H and O–H groups in total. The van der Waals surface area contributed by atoms with Crippen molar-refractivity contribution < 1.29 is 14.3 Å². The lowest BCUT2D eigenvalue weighted by molar-refractivity contribution is 0.102. The van der Waals surface area contributed by atoms with E-state index in [1.807, 2.05) is 13.0 Å². The molecule has 7 heteroatoms. The van der Waals surface area contributed by atoms with Crippen LogP contribution in [0.5, 0.6) is 5.88 Å². The van der Waals surface area contributed by atoms with Crippen LogP contribution in [0.25, 0.3) is 10.6 Å². The standard InChI is InChI=1S/C14H16N2O3S.ClH/c1-9-13(10(2)17)20-14(16-9)11-4-5-12(15-8-11)19-7-6-18-3;/h4-5,8H,6-7H2,1-3H3;1H. The van der Waals surface area contributed by atoms with Crippen molar-refractivity contribution in [1.82, 2.24) is 9.97 Å². The summed E-state index contributed by atoms with van der Waals surface area (Å²) in [5.74, 6) is 0.588. The van der Waals surface area contributed by atoms with E-state index in [2.05, 4.69) is 9.97 Å². The molecule has 2 heterocycles. The van der Waals surface area contributed by atoms with Gasteiger partial charge in [-0.05, 0) is 13.0 Å². The molecule has 0 saturated carbocycles. The van der Waals surface area contributed by atoms with Gasteiger partial charge in [-0.15, -0.1) is 23.7 Å². The molecule has 0 aliphatic carbocycles. The molecule has 5 nitrogen and oxygen atoms in total. The summed E-state index contributed by atoms with van der Waals surface area (Å²) in [6, 6.07) is 3.67. The number of carbonyl (C=O) groups is 1. The Hall–Kier alpha value is -1.50. The highest BCUT2D eigenvalue weighted by atomic mass is 35.5. The van der Waals surface area contributed by atoms with E-state index in [-0.39, 0.29) is 18.2 Å². The van der Waals surface area contributed by atoms with Crippen molar-refractivity contribution in [3.05, 3.63) is 28.9 Å². The number of pyridine rings is 1. The largest absolute Gasteiger partial charge is 0.475 e. The van der Waals surface area contributed by atoms with Gasteiger partial charge in [0.2, 0.25) is 5.88 Å². The maximum absolute atomic E-state index is 11.4. The third-order valence-corrected chi connectivity index (χ3v) is 3.94. The summed E-state index contributed by atoms with van der Waals surface area (Å²) in [4.78, 5) is 20.7. The number of hydrogen-bond acceptors (Lipinski definition) is 6. The third-order valence-electron chi connectivity index (χ3n) is 2.64. The fourth-order valence-corrected chi connectivity index (χ4v) is 2.62. The van der Waals surface area contributed by atoms with Crippen LogP contribution in [0.1, 0.15) is 22.3 Å². The molecule has 0 fully saturated rings. The number of aryl methyl sites for hydroxylation is 1. The van der Waals surface area contributed by atoms with E-state index in [0.29, 0.717) is 24.0 Å². The van der Waals surface area contributed by atoms with E-state index < -0.39 is 0 Å². The van der Waals surface area contributed by atoms with Crippen molar-refractivity contribution in [3.8, 4) is 16.5 Å². The summed E-state index contributed by atoms with van der Waals surface area (Å²) < 4.78 is 10.3. The Morgan fingerprint density at radius 3 is 2.62 bits per heavy atom. The topological polar surface area (TPSA) is 61.3 Å². The Bertz CT molecular complexity index is 599. The van der Waals surface area contributed by atoms with E-state index in [1.54, 1.807) is 26.3 Å². The number of ether oxygens (including phenoxy) is 2. The van der Waals surface area contributed by atoms with Gasteiger partial charge in [0.1, 0.15) is 11.6 Å². The monoisotopic (exact) mass is 328 g/mol. The molecule has 0 aliphatic rings. The van der Waals surface area contributed by atoms with Crippen molar-refractivity contribution in [3.63, 3.8) is 0 Å². The number of carbonyl (C=O) groups excluding carboxylic acids is 1. The summed E-state index contributed by atoms with van der Waals surface area (Å²) in [6.45, 7) is 4.38. The molecule has 21 heavy (non-hydrogen) atoms. The molecule has 0 atom stereocenters. The van der Waals surface area contributed by atoms with Gasteiger partial charge in [0.05, 0.1) is 17.2 Å². The van der Waals surface area contributed by atoms with Gasteiger partial charge in [-0.2, -0.15) is 0 Å². The highest BCUT2D eigenvalue weighted by Crippen LogP contribution is 2.28. The lowest BCUT2D eigenvalue weighted by Gasteiger charge is -2.04. The summed E-state index contributed by atoms with van der Waals surface area (Å²) in [5, 5.41) is 0.795. The first-order valence-corrected chi connectivity index (χ1v) is 7.00. The molecule has 114 valence electrons. The SMILES string of the molecule is COCCOc1ccc(-c2nc(C)c(C(C)=O)s2)cn1.Cl. The van der Waals surface area contributed by atoms with Crippen LogP contribution in [0, 0.1) is 6.92 Å². The van der Waals surface area contributed by atoms with Gasteiger partial charge in [-0.25, -0.2) is 9.97 Å². The number of aromatic nitrogens is 2. The number of halogens is 1. The number of rotatable bonds is 6. The van der Waals surface area contributed by atoms with Gasteiger partial charge in [-0.3, -0.25) is 4.79 Å². The number of ketones is 1. The average molecular weight is 329 g/mol. The summed E-state index contributed by atoms with van der Waals surface area (Å²) in [7, 11) is 1.62. The highest BCUT2D eigenvalue weighted by Gasteiger charge is 2.13. The van der Waals surface area contributed by atoms with Crippen LogP contribution >= 0.6 is 23.7 Å². The Morgan fingerprint density at radius 2 is 2.10 bits per heavy atom. The van der Waals surface area contributed by atoms with E-state index >= 15 is 0 Å². The van der Waals surface area contributed by atoms with Crippen molar-refractivity contribution in [2.75, 3.05) is 20.3 Å². The van der Waals surface area contributed by atoms with E-state index in [4.69, 9.17) is 9.47 Å². The first-order valence-electron chi connectivity index (χ1n) is 6.18. The minimum absolute atomic E-state index is 0. The molecule has 0 saturated heterocycles. The summed E-state index contributed by atoms with van der Waals surface area (Å²) in [6.07, 6.45) is 1.70. The van der Waals surface area contributed by atoms with Crippen LogP contribution in [0.15, 0.2) is 18.3 Å². The molecule has 0 unspecified atom stereocenters. The molecule has 0 aliphatic heterocycles. The molecule has 0 aromatic carbocycles. The Labute approximate surface area is 133 Å². The van der Waals surface area contributed by atoms with Crippen LogP contribution in [0.4, 0.5) is 0 Å². The lowest BCUT2D eigenvalue weighted by atomic mass is 10.3. The van der Waals surface area contributed by atoms with Gasteiger partial charge in [0.25, 0.3) is 0 Å². The second-order valence-electron chi connectivity index (χ2n) is 4.22. The first kappa shape index (κ1) is 17.6. The van der Waals surface area contributed by atoms with Crippen molar-refractivity contribution >= 4 is 29.5 Å². The molecule has 0 spiro atoms. The van der Waals surface area contributed by atoms with Gasteiger partial charge in [0.15, 0.2) is 5.78 Å². The quantitative estimate of drug-likeness (QED) is 0.602. The van der Waals surface area contributed by atoms with Gasteiger partial charge >= 0.3 is 0 Å². The Balaban J connectivity index is 0.00000220. The predicted octanol–water partition coefficient (Wildman–Crippen LogP) is 3.16. The van der Waals surface area contributed by atoms with Crippen LogP contribution in [-0.2, 0) is 4.74 Å². The Kier molecular flexibility index (Phi) is 6.74. The van der Waals surface area contributed by atoms with Crippen LogP contribution in [0.2, 0.25) is 0 Å². The number of nitrogens with zero attached hydrogens (tertiary/aromatic N) is 2. The van der Waals surface area contributed by atoms with Crippen LogP contribution < -0.4 is 4.74 Å². The normalized spacial score (nSPS) is 10.0. The maximum atomic E-state index is 11.4. The molecular weight excluding hydrogens is 312 g/mol. The fourth-order valence-electron chi connectivity index (χ4n) is 1.67. The van der Waals surface area contributed by atoms with Gasteiger partial charge in [-0.1, -0.05) is 0 Å². The predicted molar refractivity (Wildman–Crippen MR) is 84.7 cm³/mol. The van der Waals surface area contributed by atoms with E-state index in [0.717, 1.165) is 16.3 Å². The number of thiazole rings is 1. The minimum Gasteiger partial charge on any atom is -0.475 e. The van der Waals surface area contributed by atoms with Crippen molar-refractivity contribution in [1.29, 1.82) is 0 Å². The summed E-state index contributed by atoms with van der Waals surface area (Å²) >= 11 is 1.39. The second kappa shape index (κ2) is 8.07. The van der Waals surface area contributed by atoms with E-state index in [1.165, 1.54) is 11.3 Å². The second-order valence-corrected chi connectivity index (χ2v) is 5.22. The van der Waals surface area contributed by atoms with Crippen LogP contribution in [0.3, 0.4) is 0 Å². The molecule has 2 aromatic rings. The first-order chi connectivity index (χ1) is 9.61. The number of Topliss-reactive ketones (excluding diaryl/α,β-unsaturated/α-hetero) is 1. The summed E-state index contributed by atoms with van der Waals surface area (Å²) in [5.41, 5.74) is 1.64. The lowest BCUT2D eigenvalue weighted by Crippen LogP contribution is -2.05. The molecule has 2 rings (SSSR count). The minimum atomic E-state index is 0. The Morgan fingerprint density at radius 1 is 1.33 bits per heavy atom. The number of methoxy groups -OCH3 is 1. The van der Waals surface area contributed by atoms with Crippen LogP contribution in [-0.4, -0.2) is 36.1 Å². The zero-order valence-electron chi connectivity index (χ0n) is 12.1. The maximum Gasteiger partial charge on any atom is 0.213 e. The molecular formula is C14H17ClN2O3S. The highest BCUT2D eigenvalue weighted by molar-refractivity contribution is 7.17. The molecule has 0 bridgehead atoms. The van der Waals surface area contributed by atoms with Gasteiger partial charge < -0.3 is 9.47 Å². The smallest absolute Gasteiger partial charge is 0.213 e. The zero-order valence-corrected chi connectivity index (χ0v) is 13.7. The average Bonchev–Trinajstić information content (AvgIpc) is 2.82. The molecule has 0 amide bonds. The van der Waals surface area contributed by atoms with Crippen molar-refractivity contribution in [2.45, 2.75) is 13.8 Å². The van der Waals surface area contributed by atoms with Gasteiger partial charge in [0, 0.05) is 31.9 Å². The van der Waals surface area contributed by atoms with Crippen molar-refractivity contribution in [2.24, 2.45) is 0 Å². The number of hydrogen-bond donors (Lipinski definition) is 0. The molecule has 0 radical (unpaired) electrons. The molecule has 2 aromatic heterocycles. The van der Waals surface area contributed by atoms with E-state index in [9.17, 15) is 4.79 Å². The zero-order chi connectivity index (χ0) is 14.5. The third kappa shape index (κ3) is 4.49. The fraction of sp³-hybridized carbons (Fsp3) is 0.357.